The minimum atomic E-state index is 0.237. The topological polar surface area (TPSA) is 37.8 Å². The number of rotatable bonds is 4. The van der Waals surface area contributed by atoms with Crippen molar-refractivity contribution >= 4 is 0 Å². The number of nitrogens with one attached hydrogen (secondary N) is 1. The van der Waals surface area contributed by atoms with Crippen LogP contribution in [0.3, 0.4) is 0 Å². The molecule has 0 amide bonds. The Morgan fingerprint density at radius 2 is 2.07 bits per heavy atom. The fourth-order valence-electron chi connectivity index (χ4n) is 2.32. The summed E-state index contributed by atoms with van der Waals surface area (Å²) in [6.45, 7) is 3.04. The van der Waals surface area contributed by atoms with Crippen molar-refractivity contribution in [3.8, 4) is 0 Å². The lowest BCUT2D eigenvalue weighted by molar-refractivity contribution is 0.535. The summed E-state index contributed by atoms with van der Waals surface area (Å²) in [6, 6.07) is 0. The zero-order valence-corrected chi connectivity index (χ0v) is 9.51. The van der Waals surface area contributed by atoms with Crippen LogP contribution in [0.4, 0.5) is 0 Å². The van der Waals surface area contributed by atoms with E-state index in [0.717, 1.165) is 31.4 Å². The first-order valence-electron chi connectivity index (χ1n) is 6.13. The van der Waals surface area contributed by atoms with Gasteiger partial charge < -0.3 is 0 Å². The van der Waals surface area contributed by atoms with Crippen LogP contribution in [-0.2, 0) is 19.4 Å². The van der Waals surface area contributed by atoms with Gasteiger partial charge in [-0.05, 0) is 32.1 Å². The van der Waals surface area contributed by atoms with Crippen LogP contribution in [0.2, 0.25) is 0 Å². The van der Waals surface area contributed by atoms with Gasteiger partial charge in [-0.3, -0.25) is 14.6 Å². The van der Waals surface area contributed by atoms with Crippen LogP contribution in [0.5, 0.6) is 0 Å². The van der Waals surface area contributed by atoms with Gasteiger partial charge in [0.25, 0.3) is 5.56 Å². The summed E-state index contributed by atoms with van der Waals surface area (Å²) in [4.78, 5) is 11.9. The number of unbranched alkanes of at least 4 members (excludes halogenated alkanes) is 2. The Hall–Kier alpha value is -0.990. The van der Waals surface area contributed by atoms with Crippen LogP contribution >= 0.6 is 0 Å². The van der Waals surface area contributed by atoms with Crippen molar-refractivity contribution in [1.82, 2.24) is 9.78 Å². The minimum Gasteiger partial charge on any atom is -0.299 e. The first-order valence-corrected chi connectivity index (χ1v) is 6.13. The summed E-state index contributed by atoms with van der Waals surface area (Å²) in [6.07, 6.45) is 7.95. The molecule has 1 heterocycles. The van der Waals surface area contributed by atoms with E-state index in [1.54, 1.807) is 0 Å². The average molecular weight is 208 g/mol. The standard InChI is InChI=1S/C12H20N2O/c1-2-3-6-9-14-12(15)10-7-4-5-8-11(10)13-14/h13H,2-9H2,1H3. The molecule has 1 aliphatic carbocycles. The van der Waals surface area contributed by atoms with Gasteiger partial charge in [-0.25, -0.2) is 0 Å². The van der Waals surface area contributed by atoms with E-state index >= 15 is 0 Å². The molecule has 0 aliphatic heterocycles. The quantitative estimate of drug-likeness (QED) is 0.757. The molecule has 15 heavy (non-hydrogen) atoms. The van der Waals surface area contributed by atoms with Crippen LogP contribution in [0.15, 0.2) is 4.79 Å². The molecule has 1 aromatic rings. The number of nitrogens with zero attached hydrogens (tertiary/aromatic N) is 1. The number of aryl methyl sites for hydroxylation is 2. The van der Waals surface area contributed by atoms with Gasteiger partial charge in [0.2, 0.25) is 0 Å². The third-order valence-electron chi connectivity index (χ3n) is 3.23. The number of fused-ring (bicyclic) bond motifs is 1. The molecular weight excluding hydrogens is 188 g/mol. The van der Waals surface area contributed by atoms with Gasteiger partial charge in [-0.2, -0.15) is 0 Å². The van der Waals surface area contributed by atoms with Crippen molar-refractivity contribution in [2.75, 3.05) is 0 Å². The van der Waals surface area contributed by atoms with E-state index in [-0.39, 0.29) is 5.56 Å². The summed E-state index contributed by atoms with van der Waals surface area (Å²) in [5.74, 6) is 0. The van der Waals surface area contributed by atoms with Crippen LogP contribution in [0.1, 0.15) is 50.3 Å². The summed E-state index contributed by atoms with van der Waals surface area (Å²) in [5, 5.41) is 3.26. The van der Waals surface area contributed by atoms with Crippen molar-refractivity contribution in [1.29, 1.82) is 0 Å². The van der Waals surface area contributed by atoms with Gasteiger partial charge in [-0.15, -0.1) is 0 Å². The SMILES string of the molecule is CCCCCn1[nH]c2c(c1=O)CCCC2. The molecule has 0 unspecified atom stereocenters. The van der Waals surface area contributed by atoms with E-state index in [1.807, 2.05) is 4.68 Å². The lowest BCUT2D eigenvalue weighted by atomic mass is 9.98. The van der Waals surface area contributed by atoms with Gasteiger partial charge in [0, 0.05) is 17.8 Å². The lowest BCUT2D eigenvalue weighted by Crippen LogP contribution is -2.19. The van der Waals surface area contributed by atoms with E-state index in [2.05, 4.69) is 12.0 Å². The molecule has 2 rings (SSSR count). The maximum absolute atomic E-state index is 11.9. The number of aromatic nitrogens is 2. The molecule has 3 heteroatoms. The maximum Gasteiger partial charge on any atom is 0.269 e. The van der Waals surface area contributed by atoms with Gasteiger partial charge >= 0.3 is 0 Å². The number of aromatic amines is 1. The zero-order chi connectivity index (χ0) is 10.7. The third-order valence-corrected chi connectivity index (χ3v) is 3.23. The predicted octanol–water partition coefficient (Wildman–Crippen LogP) is 2.25. The smallest absolute Gasteiger partial charge is 0.269 e. The predicted molar refractivity (Wildman–Crippen MR) is 61.2 cm³/mol. The van der Waals surface area contributed by atoms with Crippen molar-refractivity contribution < 1.29 is 0 Å². The van der Waals surface area contributed by atoms with E-state index in [9.17, 15) is 4.79 Å². The molecular formula is C12H20N2O. The Morgan fingerprint density at radius 3 is 2.80 bits per heavy atom. The Morgan fingerprint density at radius 1 is 1.27 bits per heavy atom. The first kappa shape index (κ1) is 10.5. The molecule has 0 aromatic carbocycles. The molecule has 1 aliphatic rings. The molecule has 0 bridgehead atoms. The molecule has 3 nitrogen and oxygen atoms in total. The Balaban J connectivity index is 2.11. The molecule has 0 saturated carbocycles. The van der Waals surface area contributed by atoms with Crippen LogP contribution in [0, 0.1) is 0 Å². The van der Waals surface area contributed by atoms with E-state index < -0.39 is 0 Å². The second kappa shape index (κ2) is 4.69. The number of hydrogen-bond acceptors (Lipinski definition) is 1. The fourth-order valence-corrected chi connectivity index (χ4v) is 2.32. The Labute approximate surface area is 90.5 Å². The number of H-pyrrole nitrogens is 1. The molecule has 1 N–H and O–H groups in total. The zero-order valence-electron chi connectivity index (χ0n) is 9.51. The Bertz CT molecular complexity index is 375. The summed E-state index contributed by atoms with van der Waals surface area (Å²) in [5.41, 5.74) is 2.49. The second-order valence-corrected chi connectivity index (χ2v) is 4.44. The van der Waals surface area contributed by atoms with Crippen molar-refractivity contribution in [3.05, 3.63) is 21.6 Å². The van der Waals surface area contributed by atoms with Gasteiger partial charge in [-0.1, -0.05) is 19.8 Å². The van der Waals surface area contributed by atoms with E-state index in [4.69, 9.17) is 0 Å². The largest absolute Gasteiger partial charge is 0.299 e. The highest BCUT2D eigenvalue weighted by molar-refractivity contribution is 5.19. The summed E-state index contributed by atoms with van der Waals surface area (Å²) >= 11 is 0. The third kappa shape index (κ3) is 2.16. The molecule has 0 spiro atoms. The maximum atomic E-state index is 11.9. The van der Waals surface area contributed by atoms with Crippen molar-refractivity contribution in [2.24, 2.45) is 0 Å². The highest BCUT2D eigenvalue weighted by atomic mass is 16.1. The Kier molecular flexibility index (Phi) is 3.29. The second-order valence-electron chi connectivity index (χ2n) is 4.44. The highest BCUT2D eigenvalue weighted by Crippen LogP contribution is 2.16. The van der Waals surface area contributed by atoms with Crippen LogP contribution < -0.4 is 5.56 Å². The van der Waals surface area contributed by atoms with E-state index in [1.165, 1.54) is 31.4 Å². The normalized spacial score (nSPS) is 15.3. The van der Waals surface area contributed by atoms with Crippen LogP contribution in [0.25, 0.3) is 0 Å². The van der Waals surface area contributed by atoms with Crippen LogP contribution in [-0.4, -0.2) is 9.78 Å². The summed E-state index contributed by atoms with van der Waals surface area (Å²) < 4.78 is 1.81. The van der Waals surface area contributed by atoms with Gasteiger partial charge in [0.1, 0.15) is 0 Å². The molecule has 0 saturated heterocycles. The van der Waals surface area contributed by atoms with E-state index in [0.29, 0.717) is 0 Å². The number of hydrogen-bond donors (Lipinski definition) is 1. The highest BCUT2D eigenvalue weighted by Gasteiger charge is 2.16. The van der Waals surface area contributed by atoms with Gasteiger partial charge in [0.05, 0.1) is 0 Å². The van der Waals surface area contributed by atoms with Gasteiger partial charge in [0.15, 0.2) is 0 Å². The molecule has 0 fully saturated rings. The average Bonchev–Trinajstić information content (AvgIpc) is 2.57. The van der Waals surface area contributed by atoms with Crippen molar-refractivity contribution in [2.45, 2.75) is 58.4 Å². The fraction of sp³-hybridized carbons (Fsp3) is 0.750. The molecule has 0 atom stereocenters. The minimum absolute atomic E-state index is 0.237. The molecule has 84 valence electrons. The van der Waals surface area contributed by atoms with Crippen molar-refractivity contribution in [3.63, 3.8) is 0 Å². The lowest BCUT2D eigenvalue weighted by Gasteiger charge is -2.07. The summed E-state index contributed by atoms with van der Waals surface area (Å²) in [7, 11) is 0. The molecule has 1 aromatic heterocycles. The molecule has 0 radical (unpaired) electrons. The monoisotopic (exact) mass is 208 g/mol. The first-order chi connectivity index (χ1) is 7.33.